The molecule has 0 atom stereocenters. The van der Waals surface area contributed by atoms with Crippen molar-refractivity contribution in [3.8, 4) is 11.4 Å². The lowest BCUT2D eigenvalue weighted by atomic mass is 10.0. The molecule has 26 heavy (non-hydrogen) atoms. The van der Waals surface area contributed by atoms with Crippen molar-refractivity contribution < 1.29 is 4.79 Å². The van der Waals surface area contributed by atoms with Crippen LogP contribution < -0.4 is 5.32 Å². The number of imidazole rings is 1. The zero-order chi connectivity index (χ0) is 18.2. The van der Waals surface area contributed by atoms with Gasteiger partial charge >= 0.3 is 0 Å². The summed E-state index contributed by atoms with van der Waals surface area (Å²) in [7, 11) is 0. The van der Waals surface area contributed by atoms with E-state index in [0.29, 0.717) is 13.0 Å². The van der Waals surface area contributed by atoms with Crippen LogP contribution in [-0.2, 0) is 17.6 Å². The van der Waals surface area contributed by atoms with E-state index >= 15 is 0 Å². The van der Waals surface area contributed by atoms with Gasteiger partial charge in [0, 0.05) is 36.8 Å². The topological polar surface area (TPSA) is 57.8 Å². The zero-order valence-electron chi connectivity index (χ0n) is 15.2. The number of amides is 1. The van der Waals surface area contributed by atoms with Crippen LogP contribution in [0.15, 0.2) is 60.8 Å². The number of rotatable bonds is 8. The third-order valence-electron chi connectivity index (χ3n) is 4.30. The first-order valence-corrected chi connectivity index (χ1v) is 9.18. The fourth-order valence-electron chi connectivity index (χ4n) is 2.90. The number of hydrogen-bond donors (Lipinski definition) is 2. The number of nitrogens with one attached hydrogen (secondary N) is 2. The average molecular weight is 347 g/mol. The summed E-state index contributed by atoms with van der Waals surface area (Å²) in [6.07, 6.45) is 5.00. The number of carbonyl (C=O) groups excluding carboxylic acids is 1. The second-order valence-corrected chi connectivity index (χ2v) is 6.47. The lowest BCUT2D eigenvalue weighted by molar-refractivity contribution is -0.121. The molecule has 2 aromatic carbocycles. The van der Waals surface area contributed by atoms with E-state index < -0.39 is 0 Å². The number of carbonyl (C=O) groups is 1. The molecule has 0 unspecified atom stereocenters. The SMILES string of the molecule is CCCC(=O)NCCc1cnc(-c2ccc(Cc3ccccc3)cc2)[nH]1. The molecule has 0 radical (unpaired) electrons. The molecule has 0 aliphatic rings. The van der Waals surface area contributed by atoms with Crippen LogP contribution in [0.1, 0.15) is 36.6 Å². The lowest BCUT2D eigenvalue weighted by Gasteiger charge is -2.04. The molecule has 4 heteroatoms. The van der Waals surface area contributed by atoms with Gasteiger partial charge in [0.15, 0.2) is 0 Å². The lowest BCUT2D eigenvalue weighted by Crippen LogP contribution is -2.25. The van der Waals surface area contributed by atoms with E-state index in [0.717, 1.165) is 36.3 Å². The summed E-state index contributed by atoms with van der Waals surface area (Å²) >= 11 is 0. The standard InChI is InChI=1S/C22H25N3O/c1-2-6-21(26)23-14-13-20-16-24-22(25-20)19-11-9-18(10-12-19)15-17-7-4-3-5-8-17/h3-5,7-12,16H,2,6,13-15H2,1H3,(H,23,26)(H,24,25). The summed E-state index contributed by atoms with van der Waals surface area (Å²) in [6.45, 7) is 2.64. The van der Waals surface area contributed by atoms with Crippen molar-refractivity contribution in [3.63, 3.8) is 0 Å². The van der Waals surface area contributed by atoms with Gasteiger partial charge in [-0.15, -0.1) is 0 Å². The molecular weight excluding hydrogens is 322 g/mol. The first-order chi connectivity index (χ1) is 12.7. The highest BCUT2D eigenvalue weighted by atomic mass is 16.1. The third-order valence-corrected chi connectivity index (χ3v) is 4.30. The minimum atomic E-state index is 0.112. The Kier molecular flexibility index (Phi) is 6.20. The maximum absolute atomic E-state index is 11.5. The van der Waals surface area contributed by atoms with E-state index in [1.807, 2.05) is 19.2 Å². The van der Waals surface area contributed by atoms with E-state index in [4.69, 9.17) is 0 Å². The molecule has 134 valence electrons. The Morgan fingerprint density at radius 3 is 2.50 bits per heavy atom. The molecular formula is C22H25N3O. The van der Waals surface area contributed by atoms with Crippen LogP contribution in [-0.4, -0.2) is 22.4 Å². The molecule has 0 bridgehead atoms. The molecule has 1 heterocycles. The number of nitrogens with zero attached hydrogens (tertiary/aromatic N) is 1. The van der Waals surface area contributed by atoms with Crippen molar-refractivity contribution in [2.45, 2.75) is 32.6 Å². The quantitative estimate of drug-likeness (QED) is 0.644. The van der Waals surface area contributed by atoms with Crippen LogP contribution in [0.4, 0.5) is 0 Å². The Hall–Kier alpha value is -2.88. The number of aromatic amines is 1. The molecule has 1 amide bonds. The van der Waals surface area contributed by atoms with Crippen LogP contribution in [0, 0.1) is 0 Å². The summed E-state index contributed by atoms with van der Waals surface area (Å²) in [5.74, 6) is 0.979. The number of aromatic nitrogens is 2. The summed E-state index contributed by atoms with van der Waals surface area (Å²) in [5.41, 5.74) is 4.70. The Morgan fingerprint density at radius 1 is 1.04 bits per heavy atom. The van der Waals surface area contributed by atoms with Crippen molar-refractivity contribution in [2.75, 3.05) is 6.54 Å². The van der Waals surface area contributed by atoms with Crippen molar-refractivity contribution in [3.05, 3.63) is 77.6 Å². The minimum Gasteiger partial charge on any atom is -0.356 e. The van der Waals surface area contributed by atoms with Crippen LogP contribution in [0.25, 0.3) is 11.4 Å². The number of H-pyrrole nitrogens is 1. The second-order valence-electron chi connectivity index (χ2n) is 6.47. The third kappa shape index (κ3) is 5.06. The monoisotopic (exact) mass is 347 g/mol. The van der Waals surface area contributed by atoms with Crippen molar-refractivity contribution >= 4 is 5.91 Å². The molecule has 3 aromatic rings. The minimum absolute atomic E-state index is 0.112. The molecule has 1 aromatic heterocycles. The van der Waals surface area contributed by atoms with E-state index in [9.17, 15) is 4.79 Å². The van der Waals surface area contributed by atoms with Crippen molar-refractivity contribution in [2.24, 2.45) is 0 Å². The predicted octanol–water partition coefficient (Wildman–Crippen LogP) is 4.13. The van der Waals surface area contributed by atoms with Crippen molar-refractivity contribution in [1.29, 1.82) is 0 Å². The van der Waals surface area contributed by atoms with Gasteiger partial charge in [-0.25, -0.2) is 4.98 Å². The second kappa shape index (κ2) is 8.99. The van der Waals surface area contributed by atoms with E-state index in [1.165, 1.54) is 11.1 Å². The summed E-state index contributed by atoms with van der Waals surface area (Å²) in [6, 6.07) is 19.0. The maximum atomic E-state index is 11.5. The highest BCUT2D eigenvalue weighted by Crippen LogP contribution is 2.18. The summed E-state index contributed by atoms with van der Waals surface area (Å²) in [5, 5.41) is 2.93. The molecule has 0 fully saturated rings. The van der Waals surface area contributed by atoms with E-state index in [2.05, 4.69) is 63.8 Å². The van der Waals surface area contributed by atoms with Gasteiger partial charge in [-0.1, -0.05) is 61.5 Å². The molecule has 4 nitrogen and oxygen atoms in total. The first kappa shape index (κ1) is 17.9. The molecule has 2 N–H and O–H groups in total. The average Bonchev–Trinajstić information content (AvgIpc) is 3.12. The van der Waals surface area contributed by atoms with Crippen LogP contribution >= 0.6 is 0 Å². The Morgan fingerprint density at radius 2 is 1.77 bits per heavy atom. The molecule has 0 saturated heterocycles. The fraction of sp³-hybridized carbons (Fsp3) is 0.273. The Labute approximate surface area is 154 Å². The summed E-state index contributed by atoms with van der Waals surface area (Å²) < 4.78 is 0. The van der Waals surface area contributed by atoms with Gasteiger partial charge in [0.2, 0.25) is 5.91 Å². The molecule has 3 rings (SSSR count). The van der Waals surface area contributed by atoms with Crippen LogP contribution in [0.5, 0.6) is 0 Å². The fourth-order valence-corrected chi connectivity index (χ4v) is 2.90. The van der Waals surface area contributed by atoms with Crippen LogP contribution in [0.2, 0.25) is 0 Å². The molecule has 0 saturated carbocycles. The normalized spacial score (nSPS) is 10.7. The maximum Gasteiger partial charge on any atom is 0.219 e. The number of hydrogen-bond acceptors (Lipinski definition) is 2. The van der Waals surface area contributed by atoms with Gasteiger partial charge in [-0.3, -0.25) is 4.79 Å². The highest BCUT2D eigenvalue weighted by Gasteiger charge is 2.05. The van der Waals surface area contributed by atoms with Gasteiger partial charge in [0.05, 0.1) is 0 Å². The summed E-state index contributed by atoms with van der Waals surface area (Å²) in [4.78, 5) is 19.3. The Bertz CT molecular complexity index is 822. The van der Waals surface area contributed by atoms with Crippen LogP contribution in [0.3, 0.4) is 0 Å². The van der Waals surface area contributed by atoms with Gasteiger partial charge < -0.3 is 10.3 Å². The Balaban J connectivity index is 1.56. The van der Waals surface area contributed by atoms with Gasteiger partial charge in [0.25, 0.3) is 0 Å². The van der Waals surface area contributed by atoms with Gasteiger partial charge in [-0.05, 0) is 24.0 Å². The molecule has 0 aliphatic carbocycles. The van der Waals surface area contributed by atoms with Gasteiger partial charge in [-0.2, -0.15) is 0 Å². The highest BCUT2D eigenvalue weighted by molar-refractivity contribution is 5.75. The van der Waals surface area contributed by atoms with E-state index in [1.54, 1.807) is 0 Å². The first-order valence-electron chi connectivity index (χ1n) is 9.18. The zero-order valence-corrected chi connectivity index (χ0v) is 15.2. The van der Waals surface area contributed by atoms with Crippen molar-refractivity contribution in [1.82, 2.24) is 15.3 Å². The largest absolute Gasteiger partial charge is 0.356 e. The predicted molar refractivity (Wildman–Crippen MR) is 105 cm³/mol. The number of benzene rings is 2. The van der Waals surface area contributed by atoms with E-state index in [-0.39, 0.29) is 5.91 Å². The molecule has 0 spiro atoms. The molecule has 0 aliphatic heterocycles. The smallest absolute Gasteiger partial charge is 0.219 e. The van der Waals surface area contributed by atoms with Gasteiger partial charge in [0.1, 0.15) is 5.82 Å².